The molecule has 3 N–H and O–H groups in total. The van der Waals surface area contributed by atoms with E-state index in [1.54, 1.807) is 11.0 Å². The Morgan fingerprint density at radius 2 is 2.12 bits per heavy atom. The maximum Gasteiger partial charge on any atom is 0.410 e. The number of halogens is 1. The zero-order valence-corrected chi connectivity index (χ0v) is 16.8. The summed E-state index contributed by atoms with van der Waals surface area (Å²) in [5.41, 5.74) is 8.14. The van der Waals surface area contributed by atoms with Crippen LogP contribution in [0.5, 0.6) is 5.75 Å². The number of ether oxygens (including phenoxy) is 2. The van der Waals surface area contributed by atoms with Gasteiger partial charge in [-0.15, -0.1) is 0 Å². The molecule has 1 aliphatic heterocycles. The van der Waals surface area contributed by atoms with Crippen LogP contribution in [0, 0.1) is 0 Å². The fourth-order valence-corrected chi connectivity index (χ4v) is 2.86. The average Bonchev–Trinajstić information content (AvgIpc) is 2.54. The highest BCUT2D eigenvalue weighted by molar-refractivity contribution is 9.10. The van der Waals surface area contributed by atoms with Gasteiger partial charge in [-0.2, -0.15) is 0 Å². The molecule has 25 heavy (non-hydrogen) atoms. The summed E-state index contributed by atoms with van der Waals surface area (Å²) in [5.74, 6) is 0.701. The van der Waals surface area contributed by atoms with Crippen LogP contribution in [0.3, 0.4) is 0 Å². The van der Waals surface area contributed by atoms with Crippen molar-refractivity contribution in [3.63, 3.8) is 0 Å². The highest BCUT2D eigenvalue weighted by Gasteiger charge is 2.23. The van der Waals surface area contributed by atoms with E-state index in [-0.39, 0.29) is 6.09 Å². The van der Waals surface area contributed by atoms with Crippen molar-refractivity contribution < 1.29 is 14.3 Å². The molecule has 2 rings (SSSR count). The van der Waals surface area contributed by atoms with Crippen LogP contribution in [0.2, 0.25) is 0 Å². The summed E-state index contributed by atoms with van der Waals surface area (Å²) in [6.07, 6.45) is 2.51. The Morgan fingerprint density at radius 3 is 2.68 bits per heavy atom. The molecule has 0 saturated carbocycles. The molecule has 0 saturated heterocycles. The molecule has 7 heteroatoms. The lowest BCUT2D eigenvalue weighted by atomic mass is 10.1. The van der Waals surface area contributed by atoms with E-state index in [2.05, 4.69) is 21.2 Å². The van der Waals surface area contributed by atoms with E-state index in [1.807, 2.05) is 40.0 Å². The van der Waals surface area contributed by atoms with E-state index in [4.69, 9.17) is 15.2 Å². The quantitative estimate of drug-likeness (QED) is 0.577. The van der Waals surface area contributed by atoms with Gasteiger partial charge in [0.2, 0.25) is 0 Å². The number of nitrogens with zero attached hydrogens (tertiary/aromatic N) is 1. The number of hydrogen-bond donors (Lipinski definition) is 2. The van der Waals surface area contributed by atoms with Gasteiger partial charge in [0.05, 0.1) is 15.8 Å². The van der Waals surface area contributed by atoms with E-state index >= 15 is 0 Å². The van der Waals surface area contributed by atoms with Crippen LogP contribution in [0.1, 0.15) is 27.2 Å². The van der Waals surface area contributed by atoms with Crippen LogP contribution in [-0.4, -0.2) is 43.3 Å². The second kappa shape index (κ2) is 7.99. The second-order valence-corrected chi connectivity index (χ2v) is 7.80. The molecule has 0 radical (unpaired) electrons. The van der Waals surface area contributed by atoms with E-state index in [0.29, 0.717) is 31.1 Å². The van der Waals surface area contributed by atoms with Gasteiger partial charge in [-0.3, -0.25) is 0 Å². The Morgan fingerprint density at radius 1 is 1.40 bits per heavy atom. The van der Waals surface area contributed by atoms with Crippen LogP contribution < -0.4 is 15.8 Å². The zero-order valence-electron chi connectivity index (χ0n) is 15.2. The number of nitrogens with one attached hydrogen (secondary N) is 1. The number of anilines is 2. The predicted molar refractivity (Wildman–Crippen MR) is 104 cm³/mol. The van der Waals surface area contributed by atoms with Crippen LogP contribution in [-0.2, 0) is 4.74 Å². The third-order valence-corrected chi connectivity index (χ3v) is 4.36. The van der Waals surface area contributed by atoms with Crippen LogP contribution in [0.4, 0.5) is 16.2 Å². The molecule has 0 bridgehead atoms. The smallest absolute Gasteiger partial charge is 0.410 e. The number of rotatable bonds is 4. The lowest BCUT2D eigenvalue weighted by molar-refractivity contribution is 0.0264. The molecule has 0 spiro atoms. The normalized spacial score (nSPS) is 14.8. The Bertz CT molecular complexity index is 668. The molecular weight excluding hydrogens is 386 g/mol. The van der Waals surface area contributed by atoms with Gasteiger partial charge in [0, 0.05) is 26.2 Å². The molecule has 1 aromatic rings. The van der Waals surface area contributed by atoms with E-state index < -0.39 is 5.60 Å². The summed E-state index contributed by atoms with van der Waals surface area (Å²) < 4.78 is 12.1. The molecule has 1 amide bonds. The molecule has 0 fully saturated rings. The van der Waals surface area contributed by atoms with Crippen molar-refractivity contribution >= 4 is 33.4 Å². The third kappa shape index (κ3) is 5.56. The Kier molecular flexibility index (Phi) is 6.21. The van der Waals surface area contributed by atoms with Crippen LogP contribution in [0.25, 0.3) is 0 Å². The number of amides is 1. The van der Waals surface area contributed by atoms with Crippen molar-refractivity contribution in [2.45, 2.75) is 32.8 Å². The largest absolute Gasteiger partial charge is 0.488 e. The Labute approximate surface area is 157 Å². The molecular formula is C18H26BrN3O3. The van der Waals surface area contributed by atoms with Crippen molar-refractivity contribution in [3.8, 4) is 5.75 Å². The van der Waals surface area contributed by atoms with E-state index in [0.717, 1.165) is 22.2 Å². The summed E-state index contributed by atoms with van der Waals surface area (Å²) in [6.45, 7) is 7.24. The standard InChI is InChI=1S/C18H26BrN3O3/c1-18(2,3)25-17(23)22-7-5-12(6-8-22)11-24-16-10-14(20)15(21-4)9-13(16)19/h5,9-10,21H,6-8,11,20H2,1-4H3. The lowest BCUT2D eigenvalue weighted by Gasteiger charge is -2.29. The Hall–Kier alpha value is -1.89. The molecule has 6 nitrogen and oxygen atoms in total. The monoisotopic (exact) mass is 411 g/mol. The number of nitrogen functional groups attached to an aromatic ring is 1. The van der Waals surface area contributed by atoms with Crippen molar-refractivity contribution in [2.75, 3.05) is 37.8 Å². The first-order valence-electron chi connectivity index (χ1n) is 8.25. The SMILES string of the molecule is CNc1cc(Br)c(OCC2=CCN(C(=O)OC(C)(C)C)CC2)cc1N. The number of nitrogens with two attached hydrogens (primary N) is 1. The van der Waals surface area contributed by atoms with Crippen LogP contribution >= 0.6 is 15.9 Å². The van der Waals surface area contributed by atoms with E-state index in [9.17, 15) is 4.79 Å². The first-order chi connectivity index (χ1) is 11.7. The van der Waals surface area contributed by atoms with Crippen LogP contribution in [0.15, 0.2) is 28.3 Å². The second-order valence-electron chi connectivity index (χ2n) is 6.95. The molecule has 0 aliphatic carbocycles. The molecule has 0 aromatic heterocycles. The molecule has 1 aromatic carbocycles. The first kappa shape index (κ1) is 19.4. The van der Waals surface area contributed by atoms with Gasteiger partial charge in [0.15, 0.2) is 0 Å². The lowest BCUT2D eigenvalue weighted by Crippen LogP contribution is -2.39. The first-order valence-corrected chi connectivity index (χ1v) is 9.04. The van der Waals surface area contributed by atoms with Crippen molar-refractivity contribution in [1.82, 2.24) is 4.90 Å². The number of carbonyl (C=O) groups is 1. The molecule has 0 unspecified atom stereocenters. The number of hydrogen-bond acceptors (Lipinski definition) is 5. The van der Waals surface area contributed by atoms with Crippen molar-refractivity contribution in [3.05, 3.63) is 28.3 Å². The molecule has 1 aliphatic rings. The zero-order chi connectivity index (χ0) is 18.6. The maximum atomic E-state index is 12.1. The third-order valence-electron chi connectivity index (χ3n) is 3.74. The highest BCUT2D eigenvalue weighted by Crippen LogP contribution is 2.33. The summed E-state index contributed by atoms with van der Waals surface area (Å²) in [6, 6.07) is 3.69. The minimum Gasteiger partial charge on any atom is -0.488 e. The van der Waals surface area contributed by atoms with Crippen molar-refractivity contribution in [2.24, 2.45) is 0 Å². The highest BCUT2D eigenvalue weighted by atomic mass is 79.9. The van der Waals surface area contributed by atoms with Gasteiger partial charge in [0.1, 0.15) is 18.0 Å². The number of benzene rings is 1. The molecule has 0 atom stereocenters. The summed E-state index contributed by atoms with van der Waals surface area (Å²) in [7, 11) is 1.82. The van der Waals surface area contributed by atoms with Gasteiger partial charge < -0.3 is 25.4 Å². The van der Waals surface area contributed by atoms with Gasteiger partial charge >= 0.3 is 6.09 Å². The van der Waals surface area contributed by atoms with Crippen molar-refractivity contribution in [1.29, 1.82) is 0 Å². The fourth-order valence-electron chi connectivity index (χ4n) is 2.40. The molecule has 1 heterocycles. The van der Waals surface area contributed by atoms with E-state index in [1.165, 1.54) is 0 Å². The van der Waals surface area contributed by atoms with Gasteiger partial charge in [-0.1, -0.05) is 6.08 Å². The van der Waals surface area contributed by atoms with Gasteiger partial charge in [-0.25, -0.2) is 4.79 Å². The summed E-state index contributed by atoms with van der Waals surface area (Å²) in [4.78, 5) is 13.8. The fraction of sp³-hybridized carbons (Fsp3) is 0.500. The predicted octanol–water partition coefficient (Wildman–Crippen LogP) is 4.02. The minimum absolute atomic E-state index is 0.276. The topological polar surface area (TPSA) is 76.8 Å². The summed E-state index contributed by atoms with van der Waals surface area (Å²) in [5, 5.41) is 3.03. The maximum absolute atomic E-state index is 12.1. The number of carbonyl (C=O) groups excluding carboxylic acids is 1. The molecule has 138 valence electrons. The van der Waals surface area contributed by atoms with Gasteiger partial charge in [0.25, 0.3) is 0 Å². The Balaban J connectivity index is 1.91. The van der Waals surface area contributed by atoms with Gasteiger partial charge in [-0.05, 0) is 54.8 Å². The minimum atomic E-state index is -0.476. The summed E-state index contributed by atoms with van der Waals surface area (Å²) >= 11 is 3.49. The average molecular weight is 412 g/mol.